The van der Waals surface area contributed by atoms with Gasteiger partial charge in [0.15, 0.2) is 0 Å². The summed E-state index contributed by atoms with van der Waals surface area (Å²) in [7, 11) is 0. The molecule has 2 heterocycles. The van der Waals surface area contributed by atoms with Gasteiger partial charge in [-0.1, -0.05) is 30.3 Å². The van der Waals surface area contributed by atoms with Gasteiger partial charge < -0.3 is 14.5 Å². The van der Waals surface area contributed by atoms with Crippen molar-refractivity contribution in [1.82, 2.24) is 9.80 Å². The Balaban J connectivity index is 1.43. The number of rotatable bonds is 6. The molecule has 0 radical (unpaired) electrons. The third-order valence-corrected chi connectivity index (χ3v) is 6.46. The maximum Gasteiger partial charge on any atom is 0.227 e. The normalized spacial score (nSPS) is 21.3. The van der Waals surface area contributed by atoms with E-state index in [1.165, 1.54) is 18.6 Å². The fourth-order valence-electron chi connectivity index (χ4n) is 4.65. The highest BCUT2D eigenvalue weighted by Crippen LogP contribution is 2.27. The average molecular weight is 439 g/mol. The molecule has 5 nitrogen and oxygen atoms in total. The third kappa shape index (κ3) is 5.87. The summed E-state index contributed by atoms with van der Waals surface area (Å²) in [6, 6.07) is 15.7. The maximum atomic E-state index is 13.2. The number of benzene rings is 2. The van der Waals surface area contributed by atoms with Crippen LogP contribution in [0.5, 0.6) is 5.75 Å². The van der Waals surface area contributed by atoms with Crippen LogP contribution in [0.15, 0.2) is 54.6 Å². The topological polar surface area (TPSA) is 49.9 Å². The summed E-state index contributed by atoms with van der Waals surface area (Å²) < 4.78 is 19.4. The molecule has 0 aliphatic carbocycles. The van der Waals surface area contributed by atoms with Crippen LogP contribution < -0.4 is 4.74 Å². The molecule has 6 heteroatoms. The monoisotopic (exact) mass is 438 g/mol. The highest BCUT2D eigenvalue weighted by atomic mass is 19.1. The molecule has 2 aromatic rings. The lowest BCUT2D eigenvalue weighted by molar-refractivity contribution is -0.139. The van der Waals surface area contributed by atoms with Gasteiger partial charge in [0.25, 0.3) is 0 Å². The number of piperidine rings is 2. The van der Waals surface area contributed by atoms with Crippen LogP contribution in [0.25, 0.3) is 0 Å². The van der Waals surface area contributed by atoms with Gasteiger partial charge in [-0.05, 0) is 49.1 Å². The Morgan fingerprint density at radius 1 is 0.875 bits per heavy atom. The van der Waals surface area contributed by atoms with E-state index in [0.717, 1.165) is 37.2 Å². The molecule has 0 unspecified atom stereocenters. The highest BCUT2D eigenvalue weighted by molar-refractivity contribution is 5.79. The van der Waals surface area contributed by atoms with Crippen LogP contribution in [0.1, 0.15) is 37.7 Å². The van der Waals surface area contributed by atoms with Crippen LogP contribution in [0.3, 0.4) is 0 Å². The van der Waals surface area contributed by atoms with E-state index < -0.39 is 0 Å². The number of hydrogen-bond acceptors (Lipinski definition) is 3. The zero-order valence-electron chi connectivity index (χ0n) is 18.4. The Morgan fingerprint density at radius 3 is 2.31 bits per heavy atom. The molecule has 2 aliphatic heterocycles. The molecule has 2 fully saturated rings. The zero-order chi connectivity index (χ0) is 22.3. The number of halogens is 1. The number of amides is 2. The van der Waals surface area contributed by atoms with Crippen molar-refractivity contribution in [2.24, 2.45) is 5.92 Å². The van der Waals surface area contributed by atoms with Crippen LogP contribution >= 0.6 is 0 Å². The highest BCUT2D eigenvalue weighted by Gasteiger charge is 2.35. The Hall–Kier alpha value is -2.89. The minimum absolute atomic E-state index is 0.00481. The molecule has 0 aromatic heterocycles. The van der Waals surface area contributed by atoms with Crippen LogP contribution in [0.2, 0.25) is 0 Å². The molecule has 32 heavy (non-hydrogen) atoms. The minimum Gasteiger partial charge on any atom is -0.490 e. The summed E-state index contributed by atoms with van der Waals surface area (Å²) >= 11 is 0. The van der Waals surface area contributed by atoms with Crippen LogP contribution in [0.4, 0.5) is 4.39 Å². The average Bonchev–Trinajstić information content (AvgIpc) is 2.83. The van der Waals surface area contributed by atoms with E-state index in [1.54, 1.807) is 12.1 Å². The second kappa shape index (κ2) is 10.6. The van der Waals surface area contributed by atoms with Crippen molar-refractivity contribution < 1.29 is 18.7 Å². The Bertz CT molecular complexity index is 897. The van der Waals surface area contributed by atoms with Crippen LogP contribution in [0, 0.1) is 11.7 Å². The standard InChI is InChI=1S/C26H31FN2O3/c27-22-11-9-20(10-12-22)17-25(30)29-16-13-24(32-23-7-3-1-4-8-23)21(19-29)18-26(31)28-14-5-2-6-15-28/h1,3-4,7-12,21,24H,2,5-6,13-19H2/t21-,24-/m0/s1. The van der Waals surface area contributed by atoms with Gasteiger partial charge in [-0.2, -0.15) is 0 Å². The molecule has 0 N–H and O–H groups in total. The van der Waals surface area contributed by atoms with Gasteiger partial charge in [-0.3, -0.25) is 9.59 Å². The molecule has 4 rings (SSSR count). The summed E-state index contributed by atoms with van der Waals surface area (Å²) in [5.74, 6) is 0.584. The van der Waals surface area contributed by atoms with Crippen molar-refractivity contribution in [2.45, 2.75) is 44.6 Å². The lowest BCUT2D eigenvalue weighted by atomic mass is 9.90. The van der Waals surface area contributed by atoms with Gasteiger partial charge in [-0.25, -0.2) is 4.39 Å². The van der Waals surface area contributed by atoms with Gasteiger partial charge in [0.1, 0.15) is 17.7 Å². The number of ether oxygens (including phenoxy) is 1. The van der Waals surface area contributed by atoms with Crippen molar-refractivity contribution in [3.8, 4) is 5.75 Å². The molecule has 0 bridgehead atoms. The Kier molecular flexibility index (Phi) is 7.40. The zero-order valence-corrected chi connectivity index (χ0v) is 18.4. The lowest BCUT2D eigenvalue weighted by Gasteiger charge is -2.39. The number of likely N-dealkylation sites (tertiary alicyclic amines) is 2. The first-order chi connectivity index (χ1) is 15.6. The van der Waals surface area contributed by atoms with E-state index in [1.807, 2.05) is 40.1 Å². The molecule has 2 atom stereocenters. The number of hydrogen-bond donors (Lipinski definition) is 0. The second-order valence-electron chi connectivity index (χ2n) is 8.81. The van der Waals surface area contributed by atoms with Crippen LogP contribution in [-0.4, -0.2) is 53.9 Å². The number of carbonyl (C=O) groups is 2. The largest absolute Gasteiger partial charge is 0.490 e. The predicted molar refractivity (Wildman–Crippen MR) is 121 cm³/mol. The molecular formula is C26H31FN2O3. The molecule has 2 saturated heterocycles. The van der Waals surface area contributed by atoms with Gasteiger partial charge in [0, 0.05) is 44.9 Å². The van der Waals surface area contributed by atoms with Crippen molar-refractivity contribution in [2.75, 3.05) is 26.2 Å². The van der Waals surface area contributed by atoms with E-state index in [4.69, 9.17) is 4.74 Å². The van der Waals surface area contributed by atoms with Crippen molar-refractivity contribution >= 4 is 11.8 Å². The number of para-hydroxylation sites is 1. The Labute approximate surface area is 189 Å². The van der Waals surface area contributed by atoms with Crippen molar-refractivity contribution in [3.63, 3.8) is 0 Å². The van der Waals surface area contributed by atoms with E-state index in [2.05, 4.69) is 0 Å². The lowest BCUT2D eigenvalue weighted by Crippen LogP contribution is -2.50. The van der Waals surface area contributed by atoms with Crippen LogP contribution in [-0.2, 0) is 16.0 Å². The molecule has 0 saturated carbocycles. The molecule has 2 aliphatic rings. The molecular weight excluding hydrogens is 407 g/mol. The predicted octanol–water partition coefficient (Wildman–Crippen LogP) is 4.07. The van der Waals surface area contributed by atoms with E-state index in [9.17, 15) is 14.0 Å². The summed E-state index contributed by atoms with van der Waals surface area (Å²) in [6.07, 6.45) is 4.49. The van der Waals surface area contributed by atoms with Crippen molar-refractivity contribution in [3.05, 3.63) is 66.0 Å². The fourth-order valence-corrected chi connectivity index (χ4v) is 4.65. The van der Waals surface area contributed by atoms with Gasteiger partial charge >= 0.3 is 0 Å². The van der Waals surface area contributed by atoms with E-state index >= 15 is 0 Å². The molecule has 2 aromatic carbocycles. The first kappa shape index (κ1) is 22.3. The number of nitrogens with zero attached hydrogens (tertiary/aromatic N) is 2. The first-order valence-corrected chi connectivity index (χ1v) is 11.6. The fraction of sp³-hybridized carbons (Fsp3) is 0.462. The quantitative estimate of drug-likeness (QED) is 0.683. The third-order valence-electron chi connectivity index (χ3n) is 6.46. The summed E-state index contributed by atoms with van der Waals surface area (Å²) in [4.78, 5) is 29.7. The Morgan fingerprint density at radius 2 is 1.59 bits per heavy atom. The second-order valence-corrected chi connectivity index (χ2v) is 8.81. The number of carbonyl (C=O) groups excluding carboxylic acids is 2. The molecule has 170 valence electrons. The molecule has 0 spiro atoms. The summed E-state index contributed by atoms with van der Waals surface area (Å²) in [6.45, 7) is 2.73. The smallest absolute Gasteiger partial charge is 0.227 e. The van der Waals surface area contributed by atoms with E-state index in [0.29, 0.717) is 25.9 Å². The van der Waals surface area contributed by atoms with Gasteiger partial charge in [0.05, 0.1) is 6.42 Å². The SMILES string of the molecule is O=C(C[C@H]1CN(C(=O)Cc2ccc(F)cc2)CC[C@@H]1Oc1ccccc1)N1CCCCC1. The summed E-state index contributed by atoms with van der Waals surface area (Å²) in [5, 5.41) is 0. The minimum atomic E-state index is -0.309. The van der Waals surface area contributed by atoms with Crippen molar-refractivity contribution in [1.29, 1.82) is 0 Å². The van der Waals surface area contributed by atoms with Gasteiger partial charge in [0.2, 0.25) is 11.8 Å². The summed E-state index contributed by atoms with van der Waals surface area (Å²) in [5.41, 5.74) is 0.792. The molecule has 2 amide bonds. The maximum absolute atomic E-state index is 13.2. The first-order valence-electron chi connectivity index (χ1n) is 11.6. The van der Waals surface area contributed by atoms with E-state index in [-0.39, 0.29) is 36.1 Å². The van der Waals surface area contributed by atoms with Gasteiger partial charge in [-0.15, -0.1) is 0 Å².